The highest BCUT2D eigenvalue weighted by Crippen LogP contribution is 2.31. The minimum Gasteiger partial charge on any atom is -0.469 e. The molecule has 4 heterocycles. The first-order chi connectivity index (χ1) is 17.7. The average Bonchev–Trinajstić information content (AvgIpc) is 3.50. The number of aromatic nitrogens is 5. The Morgan fingerprint density at radius 1 is 1.14 bits per heavy atom. The molecule has 192 valence electrons. The van der Waals surface area contributed by atoms with Crippen molar-refractivity contribution in [2.45, 2.75) is 33.2 Å². The molecule has 5 rings (SSSR count). The molecule has 0 saturated carbocycles. The van der Waals surface area contributed by atoms with Gasteiger partial charge in [-0.1, -0.05) is 0 Å². The second-order valence-corrected chi connectivity index (χ2v) is 9.32. The Hall–Kier alpha value is -4.15. The Labute approximate surface area is 212 Å². The van der Waals surface area contributed by atoms with Gasteiger partial charge in [-0.2, -0.15) is 0 Å². The van der Waals surface area contributed by atoms with Gasteiger partial charge in [-0.3, -0.25) is 4.79 Å². The van der Waals surface area contributed by atoms with E-state index in [1.807, 2.05) is 31.4 Å². The molecule has 0 amide bonds. The Kier molecular flexibility index (Phi) is 6.45. The number of hydrogen-bond donors (Lipinski definition) is 1. The maximum atomic E-state index is 14.9. The van der Waals surface area contributed by atoms with Gasteiger partial charge in [0.15, 0.2) is 11.6 Å². The fourth-order valence-corrected chi connectivity index (χ4v) is 4.80. The van der Waals surface area contributed by atoms with Gasteiger partial charge in [-0.25, -0.2) is 28.7 Å². The third-order valence-electron chi connectivity index (χ3n) is 6.53. The van der Waals surface area contributed by atoms with E-state index in [1.54, 1.807) is 18.3 Å². The molecule has 1 saturated heterocycles. The number of methoxy groups -OCH3 is 1. The van der Waals surface area contributed by atoms with Crippen LogP contribution in [0.15, 0.2) is 36.7 Å². The smallest absolute Gasteiger partial charge is 0.310 e. The minimum atomic E-state index is -0.672. The summed E-state index contributed by atoms with van der Waals surface area (Å²) in [6, 6.07) is 6.60. The Balaban J connectivity index is 1.39. The predicted molar refractivity (Wildman–Crippen MR) is 136 cm³/mol. The van der Waals surface area contributed by atoms with Crippen LogP contribution in [0.25, 0.3) is 22.3 Å². The lowest BCUT2D eigenvalue weighted by molar-refractivity contribution is -0.144. The summed E-state index contributed by atoms with van der Waals surface area (Å²) in [5, 5.41) is 2.98. The number of nitrogens with one attached hydrogen (secondary N) is 1. The summed E-state index contributed by atoms with van der Waals surface area (Å²) in [5.41, 5.74) is 1.94. The van der Waals surface area contributed by atoms with Gasteiger partial charge < -0.3 is 19.5 Å². The van der Waals surface area contributed by atoms with Crippen molar-refractivity contribution in [1.82, 2.24) is 24.5 Å². The van der Waals surface area contributed by atoms with Crippen LogP contribution in [0.3, 0.4) is 0 Å². The second-order valence-electron chi connectivity index (χ2n) is 9.32. The van der Waals surface area contributed by atoms with Crippen LogP contribution in [0, 0.1) is 24.5 Å². The van der Waals surface area contributed by atoms with Gasteiger partial charge in [0, 0.05) is 24.7 Å². The van der Waals surface area contributed by atoms with Crippen molar-refractivity contribution in [1.29, 1.82) is 0 Å². The number of rotatable bonds is 6. The van der Waals surface area contributed by atoms with Crippen molar-refractivity contribution < 1.29 is 18.3 Å². The van der Waals surface area contributed by atoms with Crippen LogP contribution in [-0.4, -0.2) is 50.7 Å². The average molecular weight is 508 g/mol. The van der Waals surface area contributed by atoms with Gasteiger partial charge in [-0.05, 0) is 51.5 Å². The normalized spacial score (nSPS) is 15.5. The quantitative estimate of drug-likeness (QED) is 0.372. The summed E-state index contributed by atoms with van der Waals surface area (Å²) in [6.07, 6.45) is 3.46. The molecule has 0 aliphatic carbocycles. The highest BCUT2D eigenvalue weighted by Gasteiger charge is 2.29. The van der Waals surface area contributed by atoms with Crippen LogP contribution in [0.4, 0.5) is 26.2 Å². The van der Waals surface area contributed by atoms with Crippen LogP contribution in [0.2, 0.25) is 0 Å². The fraction of sp³-hybridized carbons (Fsp3) is 0.346. The molecule has 37 heavy (non-hydrogen) atoms. The molecule has 0 spiro atoms. The van der Waals surface area contributed by atoms with Gasteiger partial charge in [0.05, 0.1) is 36.6 Å². The summed E-state index contributed by atoms with van der Waals surface area (Å²) in [4.78, 5) is 30.9. The van der Waals surface area contributed by atoms with Crippen LogP contribution in [-0.2, 0) is 9.53 Å². The van der Waals surface area contributed by atoms with Crippen LogP contribution in [0.1, 0.15) is 32.1 Å². The molecule has 1 aliphatic heterocycles. The molecule has 1 N–H and O–H groups in total. The van der Waals surface area contributed by atoms with Crippen molar-refractivity contribution >= 4 is 34.5 Å². The zero-order valence-corrected chi connectivity index (χ0v) is 21.0. The summed E-state index contributed by atoms with van der Waals surface area (Å²) < 4.78 is 36.4. The zero-order chi connectivity index (χ0) is 26.3. The van der Waals surface area contributed by atoms with Crippen LogP contribution < -0.4 is 10.2 Å². The number of imidazole rings is 1. The number of esters is 1. The van der Waals surface area contributed by atoms with E-state index >= 15 is 0 Å². The number of nitrogens with zero attached hydrogens (tertiary/aromatic N) is 6. The SMILES string of the molecule is COC(=O)[C@H]1CCN(c2ccc(Nc3ncc(F)c(-c4cc(F)c5nc(C)n(C(C)C)c5c4)n3)nc2)C1. The molecular weight excluding hydrogens is 480 g/mol. The number of carbonyl (C=O) groups excluding carboxylic acids is 1. The molecule has 3 aromatic heterocycles. The summed E-state index contributed by atoms with van der Waals surface area (Å²) in [7, 11) is 1.40. The number of ether oxygens (including phenoxy) is 1. The third kappa shape index (κ3) is 4.68. The number of fused-ring (bicyclic) bond motifs is 1. The number of pyridine rings is 1. The molecular formula is C26H27F2N7O2. The number of benzene rings is 1. The molecule has 1 aliphatic rings. The van der Waals surface area contributed by atoms with Crippen molar-refractivity contribution in [3.63, 3.8) is 0 Å². The standard InChI is InChI=1S/C26H27F2N7O2/c1-14(2)35-15(3)31-24-19(27)9-17(10-21(24)35)23-20(28)12-30-26(33-23)32-22-6-5-18(11-29-22)34-8-7-16(13-34)25(36)37-4/h5-6,9-12,14,16H,7-8,13H2,1-4H3,(H,29,30,32,33)/t16-/m0/s1. The molecule has 1 aromatic carbocycles. The first kappa shape index (κ1) is 24.5. The van der Waals surface area contributed by atoms with E-state index in [-0.39, 0.29) is 40.7 Å². The van der Waals surface area contributed by atoms with Gasteiger partial charge in [-0.15, -0.1) is 0 Å². The lowest BCUT2D eigenvalue weighted by atomic mass is 10.1. The van der Waals surface area contributed by atoms with Crippen molar-refractivity contribution in [2.24, 2.45) is 5.92 Å². The number of carbonyl (C=O) groups is 1. The van der Waals surface area contributed by atoms with E-state index in [4.69, 9.17) is 4.74 Å². The van der Waals surface area contributed by atoms with Gasteiger partial charge in [0.25, 0.3) is 0 Å². The Morgan fingerprint density at radius 2 is 1.95 bits per heavy atom. The molecule has 1 atom stereocenters. The van der Waals surface area contributed by atoms with E-state index in [1.165, 1.54) is 13.2 Å². The maximum Gasteiger partial charge on any atom is 0.310 e. The maximum absolute atomic E-state index is 14.9. The second kappa shape index (κ2) is 9.72. The van der Waals surface area contributed by atoms with Crippen molar-refractivity contribution in [2.75, 3.05) is 30.4 Å². The van der Waals surface area contributed by atoms with Crippen LogP contribution >= 0.6 is 0 Å². The largest absolute Gasteiger partial charge is 0.469 e. The highest BCUT2D eigenvalue weighted by molar-refractivity contribution is 5.83. The predicted octanol–water partition coefficient (Wildman–Crippen LogP) is 4.80. The Morgan fingerprint density at radius 3 is 2.65 bits per heavy atom. The fourth-order valence-electron chi connectivity index (χ4n) is 4.80. The zero-order valence-electron chi connectivity index (χ0n) is 21.0. The third-order valence-corrected chi connectivity index (χ3v) is 6.53. The molecule has 4 aromatic rings. The lowest BCUT2D eigenvalue weighted by Gasteiger charge is -2.18. The molecule has 1 fully saturated rings. The first-order valence-corrected chi connectivity index (χ1v) is 12.0. The van der Waals surface area contributed by atoms with E-state index in [2.05, 4.69) is 30.2 Å². The molecule has 0 radical (unpaired) electrons. The molecule has 9 nitrogen and oxygen atoms in total. The number of aryl methyl sites for hydroxylation is 1. The van der Waals surface area contributed by atoms with E-state index in [9.17, 15) is 13.6 Å². The van der Waals surface area contributed by atoms with E-state index in [0.717, 1.165) is 24.8 Å². The molecule has 0 bridgehead atoms. The lowest BCUT2D eigenvalue weighted by Crippen LogP contribution is -2.23. The number of halogens is 2. The minimum absolute atomic E-state index is 0.0324. The van der Waals surface area contributed by atoms with Gasteiger partial charge >= 0.3 is 5.97 Å². The number of hydrogen-bond acceptors (Lipinski definition) is 8. The van der Waals surface area contributed by atoms with E-state index < -0.39 is 11.6 Å². The molecule has 0 unspecified atom stereocenters. The van der Waals surface area contributed by atoms with Crippen LogP contribution in [0.5, 0.6) is 0 Å². The van der Waals surface area contributed by atoms with Crippen molar-refractivity contribution in [3.05, 3.63) is 54.1 Å². The first-order valence-electron chi connectivity index (χ1n) is 12.0. The number of anilines is 3. The van der Waals surface area contributed by atoms with Crippen molar-refractivity contribution in [3.8, 4) is 11.3 Å². The van der Waals surface area contributed by atoms with E-state index in [0.29, 0.717) is 23.7 Å². The highest BCUT2D eigenvalue weighted by atomic mass is 19.1. The monoisotopic (exact) mass is 507 g/mol. The topological polar surface area (TPSA) is 98.1 Å². The van der Waals surface area contributed by atoms with Gasteiger partial charge in [0.1, 0.15) is 22.9 Å². The Bertz CT molecular complexity index is 1470. The van der Waals surface area contributed by atoms with Gasteiger partial charge in [0.2, 0.25) is 5.95 Å². The summed E-state index contributed by atoms with van der Waals surface area (Å²) in [6.45, 7) is 7.07. The molecule has 11 heteroatoms. The summed E-state index contributed by atoms with van der Waals surface area (Å²) >= 11 is 0. The summed E-state index contributed by atoms with van der Waals surface area (Å²) in [5.74, 6) is -0.319.